The smallest absolute Gasteiger partial charge is 0.241 e. The van der Waals surface area contributed by atoms with Gasteiger partial charge in [-0.25, -0.2) is 9.97 Å². The second-order valence-corrected chi connectivity index (χ2v) is 6.61. The first-order valence-corrected chi connectivity index (χ1v) is 8.84. The summed E-state index contributed by atoms with van der Waals surface area (Å²) in [6, 6.07) is 9.79. The summed E-state index contributed by atoms with van der Waals surface area (Å²) >= 11 is 0. The molecule has 1 atom stereocenters. The van der Waals surface area contributed by atoms with Crippen LogP contribution >= 0.6 is 0 Å². The maximum absolute atomic E-state index is 9.35. The first-order chi connectivity index (χ1) is 12.8. The molecule has 1 fully saturated rings. The fourth-order valence-corrected chi connectivity index (χ4v) is 3.32. The predicted octanol–water partition coefficient (Wildman–Crippen LogP) is 2.40. The molecule has 2 aromatic heterocycles. The molecule has 1 aliphatic rings. The van der Waals surface area contributed by atoms with Gasteiger partial charge in [-0.05, 0) is 31.4 Å². The zero-order valence-electron chi connectivity index (χ0n) is 14.5. The standard InChI is InChI=1S/C19H21N5O2/c25-12-14-2-1-9-24(10-14)11-18-22-19(23-26-18)16-5-3-15(4-6-16)17-7-8-20-13-21-17/h3-8,13-14,25H,1-2,9-12H2/t14-/m1/s1. The molecule has 0 amide bonds. The van der Waals surface area contributed by atoms with Crippen molar-refractivity contribution in [3.05, 3.63) is 48.7 Å². The maximum atomic E-state index is 9.35. The van der Waals surface area contributed by atoms with Crippen LogP contribution in [0.4, 0.5) is 0 Å². The summed E-state index contributed by atoms with van der Waals surface area (Å²) in [6.07, 6.45) is 5.44. The molecule has 0 saturated carbocycles. The third kappa shape index (κ3) is 3.79. The van der Waals surface area contributed by atoms with E-state index in [4.69, 9.17) is 4.52 Å². The number of rotatable bonds is 5. The molecule has 7 heteroatoms. The van der Waals surface area contributed by atoms with Crippen molar-refractivity contribution >= 4 is 0 Å². The monoisotopic (exact) mass is 351 g/mol. The number of aliphatic hydroxyl groups excluding tert-OH is 1. The lowest BCUT2D eigenvalue weighted by Gasteiger charge is -2.30. The van der Waals surface area contributed by atoms with Gasteiger partial charge in [0.05, 0.1) is 12.2 Å². The Bertz CT molecular complexity index is 835. The number of likely N-dealkylation sites (tertiary alicyclic amines) is 1. The number of piperidine rings is 1. The summed E-state index contributed by atoms with van der Waals surface area (Å²) in [6.45, 7) is 2.75. The number of hydrogen-bond donors (Lipinski definition) is 1. The van der Waals surface area contributed by atoms with Crippen LogP contribution < -0.4 is 0 Å². The van der Waals surface area contributed by atoms with Crippen LogP contribution in [0.25, 0.3) is 22.6 Å². The van der Waals surface area contributed by atoms with Crippen molar-refractivity contribution in [1.29, 1.82) is 0 Å². The molecule has 0 bridgehead atoms. The molecule has 1 aliphatic heterocycles. The van der Waals surface area contributed by atoms with E-state index < -0.39 is 0 Å². The van der Waals surface area contributed by atoms with Crippen LogP contribution in [0.1, 0.15) is 18.7 Å². The predicted molar refractivity (Wildman–Crippen MR) is 95.8 cm³/mol. The Labute approximate surface area is 151 Å². The molecular formula is C19H21N5O2. The molecule has 4 rings (SSSR count). The Hall–Kier alpha value is -2.64. The van der Waals surface area contributed by atoms with Gasteiger partial charge in [-0.3, -0.25) is 4.90 Å². The van der Waals surface area contributed by atoms with Gasteiger partial charge >= 0.3 is 0 Å². The van der Waals surface area contributed by atoms with Crippen LogP contribution in [-0.4, -0.2) is 49.8 Å². The quantitative estimate of drug-likeness (QED) is 0.755. The molecule has 3 aromatic rings. The fourth-order valence-electron chi connectivity index (χ4n) is 3.32. The topological polar surface area (TPSA) is 88.2 Å². The van der Waals surface area contributed by atoms with Crippen LogP contribution in [0.5, 0.6) is 0 Å². The van der Waals surface area contributed by atoms with Gasteiger partial charge in [-0.1, -0.05) is 29.4 Å². The fraction of sp³-hybridized carbons (Fsp3) is 0.368. The zero-order chi connectivity index (χ0) is 17.8. The van der Waals surface area contributed by atoms with Crippen molar-refractivity contribution in [2.75, 3.05) is 19.7 Å². The number of aromatic nitrogens is 4. The Morgan fingerprint density at radius 2 is 2.00 bits per heavy atom. The Kier molecular flexibility index (Phi) is 4.99. The second-order valence-electron chi connectivity index (χ2n) is 6.61. The minimum Gasteiger partial charge on any atom is -0.396 e. The van der Waals surface area contributed by atoms with Crippen molar-refractivity contribution in [3.63, 3.8) is 0 Å². The molecular weight excluding hydrogens is 330 g/mol. The third-order valence-electron chi connectivity index (χ3n) is 4.71. The summed E-state index contributed by atoms with van der Waals surface area (Å²) in [4.78, 5) is 15.0. The Balaban J connectivity index is 1.44. The number of hydrogen-bond acceptors (Lipinski definition) is 7. The maximum Gasteiger partial charge on any atom is 0.241 e. The molecule has 0 spiro atoms. The van der Waals surface area contributed by atoms with E-state index in [1.54, 1.807) is 6.20 Å². The van der Waals surface area contributed by atoms with Crippen LogP contribution in [-0.2, 0) is 6.54 Å². The van der Waals surface area contributed by atoms with E-state index >= 15 is 0 Å². The van der Waals surface area contributed by atoms with E-state index in [0.29, 0.717) is 24.2 Å². The lowest BCUT2D eigenvalue weighted by molar-refractivity contribution is 0.107. The van der Waals surface area contributed by atoms with E-state index in [9.17, 15) is 5.11 Å². The molecule has 1 aromatic carbocycles. The Morgan fingerprint density at radius 1 is 1.15 bits per heavy atom. The number of aliphatic hydroxyl groups is 1. The molecule has 1 N–H and O–H groups in total. The van der Waals surface area contributed by atoms with Gasteiger partial charge < -0.3 is 9.63 Å². The number of benzene rings is 1. The SMILES string of the molecule is OC[C@@H]1CCCN(Cc2nc(-c3ccc(-c4ccncn4)cc3)no2)C1. The van der Waals surface area contributed by atoms with E-state index in [2.05, 4.69) is 25.0 Å². The highest BCUT2D eigenvalue weighted by Crippen LogP contribution is 2.23. The van der Waals surface area contributed by atoms with E-state index in [-0.39, 0.29) is 6.61 Å². The lowest BCUT2D eigenvalue weighted by atomic mass is 9.99. The van der Waals surface area contributed by atoms with E-state index in [1.165, 1.54) is 6.33 Å². The van der Waals surface area contributed by atoms with Crippen molar-refractivity contribution in [3.8, 4) is 22.6 Å². The molecule has 0 unspecified atom stereocenters. The molecule has 3 heterocycles. The molecule has 1 saturated heterocycles. The minimum absolute atomic E-state index is 0.240. The number of nitrogens with zero attached hydrogens (tertiary/aromatic N) is 5. The summed E-state index contributed by atoms with van der Waals surface area (Å²) < 4.78 is 5.42. The van der Waals surface area contributed by atoms with E-state index in [0.717, 1.165) is 42.8 Å². The first kappa shape index (κ1) is 16.8. The largest absolute Gasteiger partial charge is 0.396 e. The molecule has 26 heavy (non-hydrogen) atoms. The molecule has 134 valence electrons. The average Bonchev–Trinajstić information content (AvgIpc) is 3.17. The molecule has 7 nitrogen and oxygen atoms in total. The zero-order valence-corrected chi connectivity index (χ0v) is 14.5. The van der Waals surface area contributed by atoms with Gasteiger partial charge in [-0.15, -0.1) is 0 Å². The van der Waals surface area contributed by atoms with Crippen molar-refractivity contribution in [1.82, 2.24) is 25.0 Å². The van der Waals surface area contributed by atoms with Gasteiger partial charge in [0.1, 0.15) is 6.33 Å². The van der Waals surface area contributed by atoms with Crippen LogP contribution in [0.3, 0.4) is 0 Å². The molecule has 0 aliphatic carbocycles. The third-order valence-corrected chi connectivity index (χ3v) is 4.71. The average molecular weight is 351 g/mol. The summed E-state index contributed by atoms with van der Waals surface area (Å²) in [5.74, 6) is 1.55. The van der Waals surface area contributed by atoms with Gasteiger partial charge in [0.25, 0.3) is 0 Å². The highest BCUT2D eigenvalue weighted by Gasteiger charge is 2.21. The minimum atomic E-state index is 0.240. The van der Waals surface area contributed by atoms with Gasteiger partial charge in [0, 0.05) is 30.5 Å². The summed E-state index contributed by atoms with van der Waals surface area (Å²) in [5.41, 5.74) is 2.80. The van der Waals surface area contributed by atoms with Crippen LogP contribution in [0.15, 0.2) is 47.4 Å². The van der Waals surface area contributed by atoms with Crippen molar-refractivity contribution in [2.45, 2.75) is 19.4 Å². The van der Waals surface area contributed by atoms with Gasteiger partial charge in [-0.2, -0.15) is 4.98 Å². The highest BCUT2D eigenvalue weighted by atomic mass is 16.5. The normalized spacial score (nSPS) is 18.1. The van der Waals surface area contributed by atoms with Crippen molar-refractivity contribution in [2.24, 2.45) is 5.92 Å². The van der Waals surface area contributed by atoms with Crippen molar-refractivity contribution < 1.29 is 9.63 Å². The van der Waals surface area contributed by atoms with Gasteiger partial charge in [0.15, 0.2) is 0 Å². The highest BCUT2D eigenvalue weighted by molar-refractivity contribution is 5.64. The van der Waals surface area contributed by atoms with E-state index in [1.807, 2.05) is 30.3 Å². The lowest BCUT2D eigenvalue weighted by Crippen LogP contribution is -2.36. The van der Waals surface area contributed by atoms with Crippen LogP contribution in [0, 0.1) is 5.92 Å². The summed E-state index contributed by atoms with van der Waals surface area (Å²) in [7, 11) is 0. The Morgan fingerprint density at radius 3 is 2.77 bits per heavy atom. The molecule has 0 radical (unpaired) electrons. The van der Waals surface area contributed by atoms with Gasteiger partial charge in [0.2, 0.25) is 11.7 Å². The first-order valence-electron chi connectivity index (χ1n) is 8.84. The van der Waals surface area contributed by atoms with Crippen LogP contribution in [0.2, 0.25) is 0 Å². The summed E-state index contributed by atoms with van der Waals surface area (Å²) in [5, 5.41) is 13.5. The second kappa shape index (κ2) is 7.72.